The van der Waals surface area contributed by atoms with E-state index in [1.807, 2.05) is 0 Å². The fraction of sp³-hybridized carbons (Fsp3) is 0.647. The number of phenols is 2. The quantitative estimate of drug-likeness (QED) is 0.695. The fourth-order valence-electron chi connectivity index (χ4n) is 2.47. The van der Waals surface area contributed by atoms with E-state index in [-0.39, 0.29) is 5.56 Å². The summed E-state index contributed by atoms with van der Waals surface area (Å²) in [5.74, 6) is 0.0958. The zero-order valence-electron chi connectivity index (χ0n) is 13.4. The van der Waals surface area contributed by atoms with Crippen LogP contribution in [0.3, 0.4) is 0 Å². The molecule has 0 fully saturated rings. The van der Waals surface area contributed by atoms with E-state index in [2.05, 4.69) is 20.8 Å². The lowest BCUT2D eigenvalue weighted by Gasteiger charge is -2.15. The van der Waals surface area contributed by atoms with Crippen LogP contribution in [-0.2, 0) is 12.6 Å². The van der Waals surface area contributed by atoms with Crippen molar-refractivity contribution in [3.63, 3.8) is 0 Å². The number of aromatic hydroxyl groups is 2. The molecule has 5 heteroatoms. The Morgan fingerprint density at radius 3 is 1.95 bits per heavy atom. The summed E-state index contributed by atoms with van der Waals surface area (Å²) in [6, 6.07) is 1.36. The van der Waals surface area contributed by atoms with Gasteiger partial charge in [0.2, 0.25) is 0 Å². The molecule has 0 aromatic heterocycles. The summed E-state index contributed by atoms with van der Waals surface area (Å²) < 4.78 is 37.7. The van der Waals surface area contributed by atoms with E-state index in [1.165, 1.54) is 0 Å². The maximum Gasteiger partial charge on any atom is 0.416 e. The second kappa shape index (κ2) is 7.75. The molecule has 0 aliphatic heterocycles. The predicted octanol–water partition coefficient (Wildman–Crippen LogP) is 5.51. The third-order valence-electron chi connectivity index (χ3n) is 3.90. The topological polar surface area (TPSA) is 40.5 Å². The molecule has 1 rings (SSSR count). The van der Waals surface area contributed by atoms with E-state index < -0.39 is 23.2 Å². The highest BCUT2D eigenvalue weighted by Gasteiger charge is 2.32. The molecule has 0 spiro atoms. The van der Waals surface area contributed by atoms with Gasteiger partial charge in [0.15, 0.2) is 0 Å². The molecule has 22 heavy (non-hydrogen) atoms. The van der Waals surface area contributed by atoms with E-state index in [1.54, 1.807) is 0 Å². The van der Waals surface area contributed by atoms with Gasteiger partial charge in [0.05, 0.1) is 5.56 Å². The maximum atomic E-state index is 12.6. The molecule has 0 saturated heterocycles. The molecule has 0 heterocycles. The highest BCUT2D eigenvalue weighted by molar-refractivity contribution is 5.47. The van der Waals surface area contributed by atoms with Crippen molar-refractivity contribution in [2.24, 2.45) is 11.8 Å². The number of phenolic OH excluding ortho intramolecular Hbond substituents is 2. The molecule has 0 bridgehead atoms. The Labute approximate surface area is 130 Å². The first kappa shape index (κ1) is 18.7. The molecule has 1 aromatic carbocycles. The average molecular weight is 318 g/mol. The summed E-state index contributed by atoms with van der Waals surface area (Å²) >= 11 is 0. The predicted molar refractivity (Wildman–Crippen MR) is 80.9 cm³/mol. The number of benzene rings is 1. The Balaban J connectivity index is 2.63. The number of hydrogen-bond acceptors (Lipinski definition) is 2. The zero-order chi connectivity index (χ0) is 16.9. The van der Waals surface area contributed by atoms with Crippen molar-refractivity contribution in [3.05, 3.63) is 23.3 Å². The Morgan fingerprint density at radius 1 is 0.955 bits per heavy atom. The van der Waals surface area contributed by atoms with Gasteiger partial charge in [-0.1, -0.05) is 40.0 Å². The molecule has 0 radical (unpaired) electrons. The van der Waals surface area contributed by atoms with E-state index >= 15 is 0 Å². The fourth-order valence-corrected chi connectivity index (χ4v) is 2.47. The van der Waals surface area contributed by atoms with Gasteiger partial charge in [0, 0.05) is 5.56 Å². The largest absolute Gasteiger partial charge is 0.508 e. The summed E-state index contributed by atoms with van der Waals surface area (Å²) in [6.45, 7) is 6.42. The summed E-state index contributed by atoms with van der Waals surface area (Å²) in [7, 11) is 0. The van der Waals surface area contributed by atoms with Crippen molar-refractivity contribution in [3.8, 4) is 11.5 Å². The highest BCUT2D eigenvalue weighted by Crippen LogP contribution is 2.38. The third kappa shape index (κ3) is 5.78. The number of hydrogen-bond donors (Lipinski definition) is 2. The van der Waals surface area contributed by atoms with Crippen molar-refractivity contribution in [2.75, 3.05) is 0 Å². The van der Waals surface area contributed by atoms with E-state index in [0.717, 1.165) is 25.7 Å². The molecule has 0 amide bonds. The Hall–Kier alpha value is -1.39. The van der Waals surface area contributed by atoms with Crippen LogP contribution in [0.25, 0.3) is 0 Å². The van der Waals surface area contributed by atoms with Gasteiger partial charge in [-0.05, 0) is 36.8 Å². The monoisotopic (exact) mass is 318 g/mol. The van der Waals surface area contributed by atoms with Crippen molar-refractivity contribution < 1.29 is 23.4 Å². The summed E-state index contributed by atoms with van der Waals surface area (Å²) in [6.07, 6.45) is -0.161. The Morgan fingerprint density at radius 2 is 1.50 bits per heavy atom. The van der Waals surface area contributed by atoms with Crippen LogP contribution in [0.2, 0.25) is 0 Å². The second-order valence-corrected chi connectivity index (χ2v) is 6.46. The van der Waals surface area contributed by atoms with E-state index in [9.17, 15) is 23.4 Å². The van der Waals surface area contributed by atoms with Crippen LogP contribution in [0.1, 0.15) is 57.6 Å². The van der Waals surface area contributed by atoms with E-state index in [0.29, 0.717) is 30.4 Å². The van der Waals surface area contributed by atoms with Crippen molar-refractivity contribution in [1.29, 1.82) is 0 Å². The van der Waals surface area contributed by atoms with Crippen LogP contribution in [0.5, 0.6) is 11.5 Å². The first-order valence-electron chi connectivity index (χ1n) is 7.73. The molecule has 2 nitrogen and oxygen atoms in total. The van der Waals surface area contributed by atoms with Gasteiger partial charge in [0.25, 0.3) is 0 Å². The van der Waals surface area contributed by atoms with Gasteiger partial charge in [-0.2, -0.15) is 13.2 Å². The molecule has 1 aromatic rings. The molecule has 1 atom stereocenters. The Bertz CT molecular complexity index is 458. The molecule has 1 unspecified atom stereocenters. The van der Waals surface area contributed by atoms with Gasteiger partial charge in [-0.15, -0.1) is 0 Å². The summed E-state index contributed by atoms with van der Waals surface area (Å²) in [5, 5.41) is 19.5. The van der Waals surface area contributed by atoms with Gasteiger partial charge in [-0.3, -0.25) is 0 Å². The molecular formula is C17H25F3O2. The van der Waals surface area contributed by atoms with Crippen LogP contribution in [0.15, 0.2) is 12.1 Å². The smallest absolute Gasteiger partial charge is 0.416 e. The minimum Gasteiger partial charge on any atom is -0.508 e. The molecular weight excluding hydrogens is 293 g/mol. The maximum absolute atomic E-state index is 12.6. The van der Waals surface area contributed by atoms with Gasteiger partial charge in [-0.25, -0.2) is 0 Å². The molecule has 126 valence electrons. The molecule has 0 aliphatic rings. The third-order valence-corrected chi connectivity index (χ3v) is 3.90. The zero-order valence-corrected chi connectivity index (χ0v) is 13.4. The van der Waals surface area contributed by atoms with Crippen LogP contribution < -0.4 is 0 Å². The van der Waals surface area contributed by atoms with Gasteiger partial charge < -0.3 is 10.2 Å². The normalized spacial score (nSPS) is 13.6. The first-order chi connectivity index (χ1) is 10.1. The minimum atomic E-state index is -4.57. The highest BCUT2D eigenvalue weighted by atomic mass is 19.4. The van der Waals surface area contributed by atoms with Crippen LogP contribution in [-0.4, -0.2) is 10.2 Å². The number of alkyl halides is 3. The SMILES string of the molecule is CC(C)CCCC(C)CCc1c(O)cc(C(F)(F)F)cc1O. The standard InChI is InChI=1S/C17H25F3O2/c1-11(2)5-4-6-12(3)7-8-14-15(21)9-13(10-16(14)22)17(18,19)20/h9-12,21-22H,4-8H2,1-3H3. The second-order valence-electron chi connectivity index (χ2n) is 6.46. The average Bonchev–Trinajstić information content (AvgIpc) is 2.35. The van der Waals surface area contributed by atoms with Crippen molar-refractivity contribution >= 4 is 0 Å². The number of halogens is 3. The molecule has 0 saturated carbocycles. The van der Waals surface area contributed by atoms with Crippen molar-refractivity contribution in [1.82, 2.24) is 0 Å². The summed E-state index contributed by atoms with van der Waals surface area (Å²) in [4.78, 5) is 0. The minimum absolute atomic E-state index is 0.198. The Kier molecular flexibility index (Phi) is 6.57. The first-order valence-corrected chi connectivity index (χ1v) is 7.73. The lowest BCUT2D eigenvalue weighted by atomic mass is 9.93. The molecule has 2 N–H and O–H groups in total. The van der Waals surface area contributed by atoms with Crippen LogP contribution in [0.4, 0.5) is 13.2 Å². The van der Waals surface area contributed by atoms with Gasteiger partial charge >= 0.3 is 6.18 Å². The van der Waals surface area contributed by atoms with Crippen molar-refractivity contribution in [2.45, 2.75) is 59.1 Å². The molecule has 0 aliphatic carbocycles. The summed E-state index contributed by atoms with van der Waals surface area (Å²) in [5.41, 5.74) is -0.833. The van der Waals surface area contributed by atoms with Gasteiger partial charge in [0.1, 0.15) is 11.5 Å². The van der Waals surface area contributed by atoms with E-state index in [4.69, 9.17) is 0 Å². The lowest BCUT2D eigenvalue weighted by molar-refractivity contribution is -0.137. The van der Waals surface area contributed by atoms with Crippen LogP contribution >= 0.6 is 0 Å². The van der Waals surface area contributed by atoms with Crippen LogP contribution in [0, 0.1) is 11.8 Å². The number of rotatable bonds is 7. The lowest BCUT2D eigenvalue weighted by Crippen LogP contribution is -2.06.